The van der Waals surface area contributed by atoms with E-state index in [-0.39, 0.29) is 11.6 Å². The van der Waals surface area contributed by atoms with Crippen molar-refractivity contribution in [2.75, 3.05) is 26.4 Å². The summed E-state index contributed by atoms with van der Waals surface area (Å²) in [6.07, 6.45) is 3.04. The Kier molecular flexibility index (Phi) is 6.02. The van der Waals surface area contributed by atoms with E-state index in [2.05, 4.69) is 49.5 Å². The summed E-state index contributed by atoms with van der Waals surface area (Å²) in [4.78, 5) is 0. The highest BCUT2D eigenvalue weighted by atomic mass is 16.5. The van der Waals surface area contributed by atoms with Crippen LogP contribution < -0.4 is 5.32 Å². The molecule has 1 N–H and O–H groups in total. The molecule has 20 heavy (non-hydrogen) atoms. The summed E-state index contributed by atoms with van der Waals surface area (Å²) in [5, 5.41) is 3.70. The monoisotopic (exact) mass is 277 g/mol. The fourth-order valence-electron chi connectivity index (χ4n) is 3.06. The maximum absolute atomic E-state index is 6.24. The number of hydrogen-bond acceptors (Lipinski definition) is 3. The molecule has 0 amide bonds. The van der Waals surface area contributed by atoms with Crippen LogP contribution >= 0.6 is 0 Å². The second-order valence-electron chi connectivity index (χ2n) is 5.41. The molecule has 1 aliphatic rings. The molecule has 0 aliphatic carbocycles. The molecule has 1 heterocycles. The lowest BCUT2D eigenvalue weighted by molar-refractivity contribution is -0.128. The van der Waals surface area contributed by atoms with Gasteiger partial charge in [-0.1, -0.05) is 37.3 Å². The minimum Gasteiger partial charge on any atom is -0.381 e. The minimum absolute atomic E-state index is 0.135. The van der Waals surface area contributed by atoms with Crippen molar-refractivity contribution in [3.63, 3.8) is 0 Å². The normalized spacial score (nSPS) is 19.7. The smallest absolute Gasteiger partial charge is 0.0919 e. The zero-order valence-corrected chi connectivity index (χ0v) is 12.7. The summed E-state index contributed by atoms with van der Waals surface area (Å²) in [5.74, 6) is 0. The Bertz CT molecular complexity index is 368. The number of ether oxygens (including phenoxy) is 2. The molecule has 3 nitrogen and oxygen atoms in total. The molecule has 0 radical (unpaired) electrons. The molecule has 1 fully saturated rings. The summed E-state index contributed by atoms with van der Waals surface area (Å²) in [6.45, 7) is 7.62. The number of rotatable bonds is 7. The molecule has 1 aliphatic heterocycles. The first-order valence-electron chi connectivity index (χ1n) is 7.82. The molecule has 0 aromatic heterocycles. The first-order valence-corrected chi connectivity index (χ1v) is 7.82. The Morgan fingerprint density at radius 1 is 1.20 bits per heavy atom. The SMILES string of the molecule is CCCNC(c1ccccc1)C1(OCC)CCOCC1. The lowest BCUT2D eigenvalue weighted by Gasteiger charge is -2.43. The van der Waals surface area contributed by atoms with Gasteiger partial charge in [0, 0.05) is 32.7 Å². The average molecular weight is 277 g/mol. The van der Waals surface area contributed by atoms with Crippen LogP contribution in [-0.2, 0) is 9.47 Å². The maximum atomic E-state index is 6.24. The predicted molar refractivity (Wildman–Crippen MR) is 81.9 cm³/mol. The van der Waals surface area contributed by atoms with E-state index in [1.807, 2.05) is 0 Å². The van der Waals surface area contributed by atoms with E-state index in [9.17, 15) is 0 Å². The van der Waals surface area contributed by atoms with Crippen LogP contribution in [-0.4, -0.2) is 32.0 Å². The highest BCUT2D eigenvalue weighted by Crippen LogP contribution is 2.37. The van der Waals surface area contributed by atoms with Crippen molar-refractivity contribution < 1.29 is 9.47 Å². The maximum Gasteiger partial charge on any atom is 0.0919 e. The molecular formula is C17H27NO2. The fraction of sp³-hybridized carbons (Fsp3) is 0.647. The van der Waals surface area contributed by atoms with Gasteiger partial charge in [-0.25, -0.2) is 0 Å². The summed E-state index contributed by atoms with van der Waals surface area (Å²) in [6, 6.07) is 10.9. The zero-order valence-electron chi connectivity index (χ0n) is 12.7. The first kappa shape index (κ1) is 15.5. The molecule has 1 aromatic rings. The van der Waals surface area contributed by atoms with E-state index < -0.39 is 0 Å². The molecule has 0 saturated carbocycles. The van der Waals surface area contributed by atoms with Crippen LogP contribution in [0, 0.1) is 0 Å². The second-order valence-corrected chi connectivity index (χ2v) is 5.41. The molecule has 0 bridgehead atoms. The second kappa shape index (κ2) is 7.77. The highest BCUT2D eigenvalue weighted by molar-refractivity contribution is 5.23. The Hall–Kier alpha value is -0.900. The van der Waals surface area contributed by atoms with E-state index in [0.29, 0.717) is 0 Å². The predicted octanol–water partition coefficient (Wildman–Crippen LogP) is 3.31. The van der Waals surface area contributed by atoms with Crippen LogP contribution in [0.25, 0.3) is 0 Å². The van der Waals surface area contributed by atoms with Gasteiger partial charge in [0.15, 0.2) is 0 Å². The molecule has 2 rings (SSSR count). The quantitative estimate of drug-likeness (QED) is 0.829. The molecule has 1 unspecified atom stereocenters. The van der Waals surface area contributed by atoms with Crippen LogP contribution in [0.1, 0.15) is 44.7 Å². The molecule has 1 atom stereocenters. The van der Waals surface area contributed by atoms with Crippen molar-refractivity contribution in [1.29, 1.82) is 0 Å². The molecule has 112 valence electrons. The number of benzene rings is 1. The third-order valence-corrected chi connectivity index (χ3v) is 4.03. The van der Waals surface area contributed by atoms with Gasteiger partial charge >= 0.3 is 0 Å². The van der Waals surface area contributed by atoms with Gasteiger partial charge in [-0.2, -0.15) is 0 Å². The van der Waals surface area contributed by atoms with Gasteiger partial charge in [-0.3, -0.25) is 0 Å². The van der Waals surface area contributed by atoms with Crippen LogP contribution in [0.15, 0.2) is 30.3 Å². The molecular weight excluding hydrogens is 250 g/mol. The first-order chi connectivity index (χ1) is 9.82. The van der Waals surface area contributed by atoms with Crippen molar-refractivity contribution in [3.8, 4) is 0 Å². The Labute approximate surface area is 122 Å². The van der Waals surface area contributed by atoms with Gasteiger partial charge in [0.05, 0.1) is 11.6 Å². The topological polar surface area (TPSA) is 30.5 Å². The lowest BCUT2D eigenvalue weighted by atomic mass is 9.82. The van der Waals surface area contributed by atoms with Gasteiger partial charge in [0.25, 0.3) is 0 Å². The van der Waals surface area contributed by atoms with Crippen LogP contribution in [0.3, 0.4) is 0 Å². The third kappa shape index (κ3) is 3.60. The largest absolute Gasteiger partial charge is 0.381 e. The molecule has 1 saturated heterocycles. The van der Waals surface area contributed by atoms with E-state index in [1.165, 1.54) is 5.56 Å². The van der Waals surface area contributed by atoms with Crippen LogP contribution in [0.4, 0.5) is 0 Å². The lowest BCUT2D eigenvalue weighted by Crippen LogP contribution is -2.50. The van der Waals surface area contributed by atoms with E-state index in [0.717, 1.165) is 45.6 Å². The van der Waals surface area contributed by atoms with Gasteiger partial charge in [-0.15, -0.1) is 0 Å². The number of hydrogen-bond donors (Lipinski definition) is 1. The van der Waals surface area contributed by atoms with Gasteiger partial charge in [0.1, 0.15) is 0 Å². The van der Waals surface area contributed by atoms with Crippen molar-refractivity contribution in [2.24, 2.45) is 0 Å². The van der Waals surface area contributed by atoms with Crippen LogP contribution in [0.5, 0.6) is 0 Å². The van der Waals surface area contributed by atoms with Gasteiger partial charge in [-0.05, 0) is 25.5 Å². The standard InChI is InChI=1S/C17H27NO2/c1-3-12-18-16(15-8-6-5-7-9-15)17(20-4-2)10-13-19-14-11-17/h5-9,16,18H,3-4,10-14H2,1-2H3. The average Bonchev–Trinajstić information content (AvgIpc) is 2.50. The molecule has 3 heteroatoms. The molecule has 0 spiro atoms. The van der Waals surface area contributed by atoms with Crippen LogP contribution in [0.2, 0.25) is 0 Å². The Balaban J connectivity index is 2.26. The summed E-state index contributed by atoms with van der Waals surface area (Å²) < 4.78 is 11.8. The van der Waals surface area contributed by atoms with Crippen molar-refractivity contribution in [1.82, 2.24) is 5.32 Å². The van der Waals surface area contributed by atoms with E-state index in [4.69, 9.17) is 9.47 Å². The third-order valence-electron chi connectivity index (χ3n) is 4.03. The minimum atomic E-state index is -0.135. The van der Waals surface area contributed by atoms with E-state index in [1.54, 1.807) is 0 Å². The molecule has 1 aromatic carbocycles. The Morgan fingerprint density at radius 3 is 2.50 bits per heavy atom. The number of nitrogens with one attached hydrogen (secondary N) is 1. The fourth-order valence-corrected chi connectivity index (χ4v) is 3.06. The summed E-state index contributed by atoms with van der Waals surface area (Å²) in [5.41, 5.74) is 1.18. The highest BCUT2D eigenvalue weighted by Gasteiger charge is 2.41. The van der Waals surface area contributed by atoms with Gasteiger partial charge < -0.3 is 14.8 Å². The van der Waals surface area contributed by atoms with Gasteiger partial charge in [0.2, 0.25) is 0 Å². The summed E-state index contributed by atoms with van der Waals surface area (Å²) in [7, 11) is 0. The van der Waals surface area contributed by atoms with Crippen molar-refractivity contribution in [3.05, 3.63) is 35.9 Å². The van der Waals surface area contributed by atoms with E-state index >= 15 is 0 Å². The zero-order chi connectivity index (χ0) is 14.3. The summed E-state index contributed by atoms with van der Waals surface area (Å²) >= 11 is 0. The van der Waals surface area contributed by atoms with Crippen molar-refractivity contribution >= 4 is 0 Å². The Morgan fingerprint density at radius 2 is 1.90 bits per heavy atom. The van der Waals surface area contributed by atoms with Crippen molar-refractivity contribution in [2.45, 2.75) is 44.8 Å².